The smallest absolute Gasteiger partial charge is 0.269 e. The predicted octanol–water partition coefficient (Wildman–Crippen LogP) is 8.72. The number of hydrogen-bond acceptors (Lipinski definition) is 4. The molecule has 0 saturated carbocycles. The number of rotatable bonds is 9. The molecule has 0 atom stereocenters. The van der Waals surface area contributed by atoms with E-state index in [-0.39, 0.29) is 11.6 Å². The van der Waals surface area contributed by atoms with Crippen LogP contribution in [0.4, 0.5) is 28.4 Å². The van der Waals surface area contributed by atoms with Crippen molar-refractivity contribution in [3.8, 4) is 0 Å². The first kappa shape index (κ1) is 32.3. The summed E-state index contributed by atoms with van der Waals surface area (Å²) in [4.78, 5) is 10.3. The van der Waals surface area contributed by atoms with Gasteiger partial charge in [-0.15, -0.1) is 0 Å². The number of para-hydroxylation sites is 1. The van der Waals surface area contributed by atoms with Gasteiger partial charge in [0.15, 0.2) is 11.9 Å². The van der Waals surface area contributed by atoms with E-state index in [9.17, 15) is 10.1 Å². The summed E-state index contributed by atoms with van der Waals surface area (Å²) in [6.07, 6.45) is 4.39. The maximum absolute atomic E-state index is 10.7. The van der Waals surface area contributed by atoms with Gasteiger partial charge in [0.25, 0.3) is 5.69 Å². The number of nitro benzene ring substituents is 1. The molecule has 6 N–H and O–H groups in total. The summed E-state index contributed by atoms with van der Waals surface area (Å²) in [5, 5.41) is 38.8. The zero-order chi connectivity index (χ0) is 31.2. The van der Waals surface area contributed by atoms with Gasteiger partial charge in [-0.2, -0.15) is 0 Å². The third-order valence-electron chi connectivity index (χ3n) is 6.56. The fourth-order valence-corrected chi connectivity index (χ4v) is 4.42. The first-order chi connectivity index (χ1) is 20.7. The Bertz CT molecular complexity index is 1500. The lowest BCUT2D eigenvalue weighted by Gasteiger charge is -2.13. The minimum atomic E-state index is -0.437. The van der Waals surface area contributed by atoms with Crippen LogP contribution in [0.2, 0.25) is 0 Å². The number of nitro groups is 1. The van der Waals surface area contributed by atoms with Crippen molar-refractivity contribution in [2.75, 3.05) is 21.3 Å². The molecule has 0 aromatic heterocycles. The highest BCUT2D eigenvalue weighted by atomic mass is 16.6. The molecule has 0 unspecified atom stereocenters. The molecule has 4 aromatic rings. The highest BCUT2D eigenvalue weighted by molar-refractivity contribution is 6.02. The second-order valence-corrected chi connectivity index (χ2v) is 10.2. The van der Waals surface area contributed by atoms with Gasteiger partial charge in [-0.1, -0.05) is 69.2 Å². The molecule has 0 aliphatic heterocycles. The molecular weight excluding hydrogens is 538 g/mol. The van der Waals surface area contributed by atoms with Gasteiger partial charge in [0.1, 0.15) is 0 Å². The Labute approximate surface area is 253 Å². The van der Waals surface area contributed by atoms with Crippen molar-refractivity contribution >= 4 is 40.4 Å². The van der Waals surface area contributed by atoms with E-state index in [2.05, 4.69) is 59.4 Å². The van der Waals surface area contributed by atoms with Crippen molar-refractivity contribution in [3.63, 3.8) is 0 Å². The first-order valence-electron chi connectivity index (χ1n) is 14.4. The molecule has 0 saturated heterocycles. The second-order valence-electron chi connectivity index (χ2n) is 10.2. The lowest BCUT2D eigenvalue weighted by Crippen LogP contribution is -2.21. The average molecular weight is 580 g/mol. The molecule has 4 rings (SSSR count). The van der Waals surface area contributed by atoms with Crippen LogP contribution in [0.5, 0.6) is 0 Å². The summed E-state index contributed by atoms with van der Waals surface area (Å²) in [6, 6.07) is 28.6. The van der Waals surface area contributed by atoms with Crippen molar-refractivity contribution in [1.82, 2.24) is 0 Å². The largest absolute Gasteiger partial charge is 0.326 e. The Morgan fingerprint density at radius 1 is 0.651 bits per heavy atom. The van der Waals surface area contributed by atoms with E-state index in [0.717, 1.165) is 48.3 Å². The molecule has 0 bridgehead atoms. The Balaban J connectivity index is 0.000000236. The normalized spacial score (nSPS) is 10.1. The maximum atomic E-state index is 10.7. The van der Waals surface area contributed by atoms with Crippen molar-refractivity contribution in [2.24, 2.45) is 0 Å². The van der Waals surface area contributed by atoms with Crippen LogP contribution in [0.15, 0.2) is 91.0 Å². The zero-order valence-corrected chi connectivity index (χ0v) is 25.3. The van der Waals surface area contributed by atoms with E-state index < -0.39 is 4.92 Å². The summed E-state index contributed by atoms with van der Waals surface area (Å²) < 4.78 is 0. The molecule has 224 valence electrons. The fraction of sp³-hybridized carbons (Fsp3) is 0.235. The molecule has 9 heteroatoms. The second kappa shape index (κ2) is 16.3. The lowest BCUT2D eigenvalue weighted by atomic mass is 10.1. The number of non-ortho nitro benzene ring substituents is 1. The highest BCUT2D eigenvalue weighted by Gasteiger charge is 2.09. The van der Waals surface area contributed by atoms with Gasteiger partial charge in [-0.3, -0.25) is 20.9 Å². The molecule has 0 amide bonds. The highest BCUT2D eigenvalue weighted by Crippen LogP contribution is 2.22. The van der Waals surface area contributed by atoms with E-state index >= 15 is 0 Å². The van der Waals surface area contributed by atoms with Crippen molar-refractivity contribution < 1.29 is 4.92 Å². The van der Waals surface area contributed by atoms with Gasteiger partial charge < -0.3 is 21.3 Å². The number of benzene rings is 4. The van der Waals surface area contributed by atoms with Crippen LogP contribution in [0, 0.1) is 34.8 Å². The standard InChI is InChI=1S/C19H25N3.C15H16N4O2/c1-3-7-15-9-5-11-17(13-15)21-19(20)22-18-12-6-10-16(14-18)8-4-2;1-10-5-3-4-6-13(10)17-15(16)18-14-8-7-12(19(20)21)9-11(14)2/h5-6,9-14H,3-4,7-8H2,1-2H3,(H3,20,21,22);3-9H,1-2H3,(H3,16,17,18). The molecule has 0 heterocycles. The fourth-order valence-electron chi connectivity index (χ4n) is 4.42. The van der Waals surface area contributed by atoms with E-state index in [1.807, 2.05) is 55.5 Å². The molecule has 9 nitrogen and oxygen atoms in total. The quantitative estimate of drug-likeness (QED) is 0.0507. The van der Waals surface area contributed by atoms with E-state index in [4.69, 9.17) is 10.8 Å². The molecular formula is C34H41N7O2. The molecule has 0 radical (unpaired) electrons. The molecule has 0 spiro atoms. The van der Waals surface area contributed by atoms with Gasteiger partial charge in [0.2, 0.25) is 0 Å². The summed E-state index contributed by atoms with van der Waals surface area (Å²) in [6.45, 7) is 8.06. The first-order valence-corrected chi connectivity index (χ1v) is 14.4. The van der Waals surface area contributed by atoms with Crippen LogP contribution in [0.3, 0.4) is 0 Å². The number of nitrogens with zero attached hydrogens (tertiary/aromatic N) is 1. The van der Waals surface area contributed by atoms with Crippen molar-refractivity contribution in [1.29, 1.82) is 10.8 Å². The van der Waals surface area contributed by atoms with Crippen LogP contribution in [0.25, 0.3) is 0 Å². The third-order valence-corrected chi connectivity index (χ3v) is 6.56. The van der Waals surface area contributed by atoms with Gasteiger partial charge in [-0.25, -0.2) is 0 Å². The van der Waals surface area contributed by atoms with Crippen LogP contribution >= 0.6 is 0 Å². The molecule has 43 heavy (non-hydrogen) atoms. The van der Waals surface area contributed by atoms with Crippen LogP contribution in [-0.2, 0) is 12.8 Å². The van der Waals surface area contributed by atoms with Crippen LogP contribution < -0.4 is 21.3 Å². The van der Waals surface area contributed by atoms with Gasteiger partial charge in [0.05, 0.1) is 4.92 Å². The monoisotopic (exact) mass is 579 g/mol. The summed E-state index contributed by atoms with van der Waals surface area (Å²) in [7, 11) is 0. The Kier molecular flexibility index (Phi) is 12.3. The lowest BCUT2D eigenvalue weighted by molar-refractivity contribution is -0.384. The molecule has 0 aliphatic carbocycles. The number of guanidine groups is 2. The van der Waals surface area contributed by atoms with Crippen molar-refractivity contribution in [2.45, 2.75) is 53.4 Å². The van der Waals surface area contributed by atoms with Crippen LogP contribution in [-0.4, -0.2) is 16.8 Å². The van der Waals surface area contributed by atoms with Crippen LogP contribution in [0.1, 0.15) is 48.9 Å². The topological polar surface area (TPSA) is 139 Å². The molecule has 0 fully saturated rings. The van der Waals surface area contributed by atoms with E-state index in [1.165, 1.54) is 23.3 Å². The van der Waals surface area contributed by atoms with Crippen molar-refractivity contribution in [3.05, 3.63) is 123 Å². The minimum absolute atomic E-state index is 0.0384. The number of aryl methyl sites for hydroxylation is 4. The third kappa shape index (κ3) is 10.6. The number of nitrogens with one attached hydrogen (secondary N) is 6. The summed E-state index contributed by atoms with van der Waals surface area (Å²) in [5.41, 5.74) is 7.78. The Morgan fingerprint density at radius 2 is 1.16 bits per heavy atom. The minimum Gasteiger partial charge on any atom is -0.326 e. The summed E-state index contributed by atoms with van der Waals surface area (Å²) >= 11 is 0. The van der Waals surface area contributed by atoms with E-state index in [0.29, 0.717) is 17.2 Å². The molecule has 0 aliphatic rings. The Morgan fingerprint density at radius 3 is 1.65 bits per heavy atom. The van der Waals surface area contributed by atoms with Gasteiger partial charge in [0, 0.05) is 34.9 Å². The Hall–Kier alpha value is -5.18. The summed E-state index contributed by atoms with van der Waals surface area (Å²) in [5.74, 6) is 0.406. The SMILES string of the molecule is CCCc1cccc(NC(=N)Nc2cccc(CCC)c2)c1.Cc1ccccc1NC(=N)Nc1ccc([N+](=O)[O-])cc1C. The number of hydrogen-bond donors (Lipinski definition) is 6. The van der Waals surface area contributed by atoms with Gasteiger partial charge >= 0.3 is 0 Å². The zero-order valence-electron chi connectivity index (χ0n) is 25.3. The number of anilines is 4. The van der Waals surface area contributed by atoms with Gasteiger partial charge in [-0.05, 0) is 85.3 Å². The van der Waals surface area contributed by atoms with E-state index in [1.54, 1.807) is 13.0 Å². The predicted molar refractivity (Wildman–Crippen MR) is 180 cm³/mol. The maximum Gasteiger partial charge on any atom is 0.269 e. The average Bonchev–Trinajstić information content (AvgIpc) is 2.96. The molecule has 4 aromatic carbocycles.